The fourth-order valence-electron chi connectivity index (χ4n) is 3.73. The van der Waals surface area contributed by atoms with E-state index in [1.807, 2.05) is 24.3 Å². The van der Waals surface area contributed by atoms with E-state index in [-0.39, 0.29) is 0 Å². The summed E-state index contributed by atoms with van der Waals surface area (Å²) in [5, 5.41) is 8.81. The first-order valence-corrected chi connectivity index (χ1v) is 8.89. The second-order valence-electron chi connectivity index (χ2n) is 6.90. The molecule has 2 heteroatoms. The third kappa shape index (κ3) is 3.48. The van der Waals surface area contributed by atoms with Crippen LogP contribution in [0.1, 0.15) is 59.9 Å². The van der Waals surface area contributed by atoms with Gasteiger partial charge in [0.05, 0.1) is 11.4 Å². The van der Waals surface area contributed by atoms with Crippen LogP contribution in [0.15, 0.2) is 41.4 Å². The number of hydrogen-bond donors (Lipinski definition) is 1. The van der Waals surface area contributed by atoms with Crippen molar-refractivity contribution in [1.82, 2.24) is 0 Å². The second kappa shape index (κ2) is 7.12. The molecule has 2 aromatic carbocycles. The number of para-hydroxylation sites is 1. The minimum atomic E-state index is 0.584. The zero-order valence-electron chi connectivity index (χ0n) is 14.9. The molecule has 1 N–H and O–H groups in total. The van der Waals surface area contributed by atoms with Crippen molar-refractivity contribution in [3.8, 4) is 0 Å². The summed E-state index contributed by atoms with van der Waals surface area (Å²) in [5.41, 5.74) is 8.37. The van der Waals surface area contributed by atoms with Crippen LogP contribution in [0.4, 0.5) is 5.69 Å². The first kappa shape index (κ1) is 16.6. The molecule has 0 saturated heterocycles. The predicted molar refractivity (Wildman–Crippen MR) is 103 cm³/mol. The summed E-state index contributed by atoms with van der Waals surface area (Å²) in [6.45, 7) is 6.30. The van der Waals surface area contributed by atoms with Gasteiger partial charge in [-0.25, -0.2) is 0 Å². The fourth-order valence-corrected chi connectivity index (χ4v) is 3.73. The number of aliphatic imine (C=N–C) groups is 1. The Hall–Kier alpha value is -2.22. The lowest BCUT2D eigenvalue weighted by Gasteiger charge is -2.16. The average Bonchev–Trinajstić information content (AvgIpc) is 2.55. The highest BCUT2D eigenvalue weighted by atomic mass is 14.8. The van der Waals surface area contributed by atoms with Crippen LogP contribution in [-0.2, 0) is 0 Å². The van der Waals surface area contributed by atoms with E-state index in [0.29, 0.717) is 5.71 Å². The lowest BCUT2D eigenvalue weighted by molar-refractivity contribution is 0.667. The molecule has 1 fully saturated rings. The summed E-state index contributed by atoms with van der Waals surface area (Å²) < 4.78 is 0. The molecule has 24 heavy (non-hydrogen) atoms. The third-order valence-corrected chi connectivity index (χ3v) is 4.81. The highest BCUT2D eigenvalue weighted by Gasteiger charge is 2.15. The lowest BCUT2D eigenvalue weighted by Crippen LogP contribution is -2.08. The van der Waals surface area contributed by atoms with Gasteiger partial charge in [-0.2, -0.15) is 0 Å². The van der Waals surface area contributed by atoms with Gasteiger partial charge in [0.2, 0.25) is 0 Å². The van der Waals surface area contributed by atoms with E-state index in [1.165, 1.54) is 30.5 Å². The Morgan fingerprint density at radius 2 is 1.54 bits per heavy atom. The molecule has 0 bridgehead atoms. The Kier molecular flexibility index (Phi) is 4.94. The van der Waals surface area contributed by atoms with E-state index in [2.05, 4.69) is 32.9 Å². The first-order chi connectivity index (χ1) is 11.6. The van der Waals surface area contributed by atoms with Gasteiger partial charge < -0.3 is 0 Å². The van der Waals surface area contributed by atoms with Crippen molar-refractivity contribution in [2.24, 2.45) is 4.99 Å². The van der Waals surface area contributed by atoms with Gasteiger partial charge in [-0.15, -0.1) is 0 Å². The molecule has 2 aromatic rings. The Balaban J connectivity index is 2.03. The summed E-state index contributed by atoms with van der Waals surface area (Å²) in [6.07, 6.45) is 6.01. The van der Waals surface area contributed by atoms with E-state index in [4.69, 9.17) is 10.4 Å². The molecule has 0 aromatic heterocycles. The van der Waals surface area contributed by atoms with Gasteiger partial charge in [-0.05, 0) is 63.6 Å². The fraction of sp³-hybridized carbons (Fsp3) is 0.364. The summed E-state index contributed by atoms with van der Waals surface area (Å²) >= 11 is 0. The second-order valence-corrected chi connectivity index (χ2v) is 6.90. The van der Waals surface area contributed by atoms with Crippen molar-refractivity contribution < 1.29 is 0 Å². The number of benzene rings is 2. The monoisotopic (exact) mass is 318 g/mol. The number of hydrogen-bond acceptors (Lipinski definition) is 2. The smallest absolute Gasteiger partial charge is 0.0723 e. The van der Waals surface area contributed by atoms with E-state index >= 15 is 0 Å². The molecule has 1 saturated carbocycles. The first-order valence-electron chi connectivity index (χ1n) is 8.89. The van der Waals surface area contributed by atoms with Gasteiger partial charge in [0.1, 0.15) is 0 Å². The van der Waals surface area contributed by atoms with Crippen LogP contribution in [0.2, 0.25) is 0 Å². The molecular formula is C22H26N2. The van der Waals surface area contributed by atoms with Gasteiger partial charge in [0.15, 0.2) is 0 Å². The molecule has 124 valence electrons. The largest absolute Gasteiger partial charge is 0.300 e. The van der Waals surface area contributed by atoms with E-state index in [1.54, 1.807) is 0 Å². The summed E-state index contributed by atoms with van der Waals surface area (Å²) in [7, 11) is 0. The van der Waals surface area contributed by atoms with Crippen molar-refractivity contribution in [2.45, 2.75) is 52.9 Å². The van der Waals surface area contributed by atoms with E-state index < -0.39 is 0 Å². The van der Waals surface area contributed by atoms with Crippen LogP contribution >= 0.6 is 0 Å². The van der Waals surface area contributed by atoms with Crippen LogP contribution < -0.4 is 0 Å². The van der Waals surface area contributed by atoms with Crippen LogP contribution in [-0.4, -0.2) is 11.4 Å². The molecule has 0 aliphatic heterocycles. The Bertz CT molecular complexity index is 768. The maximum atomic E-state index is 8.81. The lowest BCUT2D eigenvalue weighted by atomic mass is 9.91. The Morgan fingerprint density at radius 3 is 2.21 bits per heavy atom. The molecule has 0 amide bonds. The Labute approximate surface area is 145 Å². The molecule has 2 nitrogen and oxygen atoms in total. The van der Waals surface area contributed by atoms with E-state index in [9.17, 15) is 0 Å². The standard InChI is InChI=1S/C22H26N2/c1-15-13-16(2)21(17(3)14-15)22(23)19-11-7-8-12-20(19)24-18-9-5-4-6-10-18/h7-8,11-14,23H,4-6,9-10H2,1-3H3. The molecule has 0 spiro atoms. The van der Waals surface area contributed by atoms with Crippen molar-refractivity contribution in [3.05, 3.63) is 64.2 Å². The normalized spacial score (nSPS) is 14.5. The quantitative estimate of drug-likeness (QED) is 0.667. The van der Waals surface area contributed by atoms with Crippen molar-refractivity contribution in [2.75, 3.05) is 0 Å². The predicted octanol–water partition coefficient (Wildman–Crippen LogP) is 6.06. The van der Waals surface area contributed by atoms with Crippen molar-refractivity contribution >= 4 is 17.1 Å². The van der Waals surface area contributed by atoms with Crippen molar-refractivity contribution in [1.29, 1.82) is 5.41 Å². The van der Waals surface area contributed by atoms with Crippen LogP contribution in [0.3, 0.4) is 0 Å². The van der Waals surface area contributed by atoms with E-state index in [0.717, 1.165) is 40.8 Å². The maximum Gasteiger partial charge on any atom is 0.0723 e. The molecule has 3 rings (SSSR count). The number of rotatable bonds is 3. The SMILES string of the molecule is Cc1cc(C)c(C(=N)c2ccccc2N=C2CCCCC2)c(C)c1. The molecule has 1 aliphatic rings. The Morgan fingerprint density at radius 1 is 0.917 bits per heavy atom. The zero-order chi connectivity index (χ0) is 17.1. The summed E-state index contributed by atoms with van der Waals surface area (Å²) in [4.78, 5) is 4.92. The molecule has 0 heterocycles. The topological polar surface area (TPSA) is 36.2 Å². The van der Waals surface area contributed by atoms with Crippen molar-refractivity contribution in [3.63, 3.8) is 0 Å². The number of nitrogens with zero attached hydrogens (tertiary/aromatic N) is 1. The maximum absolute atomic E-state index is 8.81. The average molecular weight is 318 g/mol. The molecule has 0 radical (unpaired) electrons. The molecular weight excluding hydrogens is 292 g/mol. The molecule has 0 unspecified atom stereocenters. The highest BCUT2D eigenvalue weighted by Crippen LogP contribution is 2.28. The third-order valence-electron chi connectivity index (χ3n) is 4.81. The minimum absolute atomic E-state index is 0.584. The molecule has 1 aliphatic carbocycles. The van der Waals surface area contributed by atoms with Gasteiger partial charge in [-0.1, -0.05) is 42.3 Å². The molecule has 0 atom stereocenters. The van der Waals surface area contributed by atoms with Gasteiger partial charge in [0, 0.05) is 16.8 Å². The summed E-state index contributed by atoms with van der Waals surface area (Å²) in [6, 6.07) is 12.4. The highest BCUT2D eigenvalue weighted by molar-refractivity contribution is 6.15. The van der Waals surface area contributed by atoms with Gasteiger partial charge >= 0.3 is 0 Å². The van der Waals surface area contributed by atoms with Gasteiger partial charge in [-0.3, -0.25) is 10.4 Å². The zero-order valence-corrected chi connectivity index (χ0v) is 14.9. The van der Waals surface area contributed by atoms with Gasteiger partial charge in [0.25, 0.3) is 0 Å². The van der Waals surface area contributed by atoms with Crippen LogP contribution in [0.5, 0.6) is 0 Å². The number of nitrogens with one attached hydrogen (secondary N) is 1. The summed E-state index contributed by atoms with van der Waals surface area (Å²) in [5.74, 6) is 0. The number of aryl methyl sites for hydroxylation is 3. The van der Waals surface area contributed by atoms with Crippen LogP contribution in [0, 0.1) is 26.2 Å². The van der Waals surface area contributed by atoms with Crippen LogP contribution in [0.25, 0.3) is 0 Å². The minimum Gasteiger partial charge on any atom is -0.300 e.